The van der Waals surface area contributed by atoms with Gasteiger partial charge in [0.15, 0.2) is 6.29 Å². The minimum atomic E-state index is -5.08. The van der Waals surface area contributed by atoms with Crippen LogP contribution in [0.3, 0.4) is 0 Å². The van der Waals surface area contributed by atoms with E-state index in [1.165, 1.54) is 44.9 Å². The first kappa shape index (κ1) is 58.0. The number of aliphatic hydroxyl groups is 3. The molecule has 0 radical (unpaired) electrons. The average molecular weight is 907 g/mol. The molecule has 13 heteroatoms. The summed E-state index contributed by atoms with van der Waals surface area (Å²) in [6.07, 6.45) is 45.9. The maximum absolute atomic E-state index is 12.8. The Morgan fingerprint density at radius 1 is 0.619 bits per heavy atom. The standard InChI is InChI=1S/C50H82O12S/c1-3-5-7-9-11-13-15-17-19-21-22-23-25-27-29-31-33-35-37-39-46(52)60-44(43-59-50-48(54)49(62-63(55,56)57)47(53)45(41-51)61-50)42-58-40-38-36-34-32-30-28-26-24-20-18-16-14-12-10-8-6-4-2/h5,7,11,13-14,16-17,19-20,22-24,27,29,33,35,44-45,47-51,53-54H,3-4,6,8-10,12,15,18,21,25-26,28,30-32,34,36-43H2,1-2H3,(H,55,56,57)/b7-5-,13-11-,16-14-,19-17-,23-22-,24-20-,29-27-,35-33-. The molecule has 0 aliphatic carbocycles. The molecule has 63 heavy (non-hydrogen) atoms. The average Bonchev–Trinajstić information content (AvgIpc) is 3.26. The fourth-order valence-electron chi connectivity index (χ4n) is 6.43. The molecule has 1 rings (SSSR count). The Labute approximate surface area is 380 Å². The van der Waals surface area contributed by atoms with Crippen molar-refractivity contribution in [2.75, 3.05) is 26.4 Å². The van der Waals surface area contributed by atoms with Crippen molar-refractivity contribution in [2.45, 2.75) is 185 Å². The Hall–Kier alpha value is -2.98. The number of carbonyl (C=O) groups is 1. The molecular weight excluding hydrogens is 825 g/mol. The van der Waals surface area contributed by atoms with E-state index in [1.54, 1.807) is 0 Å². The van der Waals surface area contributed by atoms with Gasteiger partial charge in [0.05, 0.1) is 19.8 Å². The number of carbonyl (C=O) groups excluding carboxylic acids is 1. The summed E-state index contributed by atoms with van der Waals surface area (Å²) < 4.78 is 59.0. The van der Waals surface area contributed by atoms with E-state index in [4.69, 9.17) is 23.5 Å². The molecule has 0 bridgehead atoms. The third kappa shape index (κ3) is 34.1. The van der Waals surface area contributed by atoms with Gasteiger partial charge in [0.2, 0.25) is 0 Å². The van der Waals surface area contributed by atoms with E-state index in [0.717, 1.165) is 77.0 Å². The largest absolute Gasteiger partial charge is 0.457 e. The van der Waals surface area contributed by atoms with Crippen LogP contribution in [-0.2, 0) is 38.3 Å². The van der Waals surface area contributed by atoms with Gasteiger partial charge in [-0.3, -0.25) is 9.35 Å². The first-order valence-electron chi connectivity index (χ1n) is 23.5. The summed E-state index contributed by atoms with van der Waals surface area (Å²) in [6.45, 7) is 3.72. The van der Waals surface area contributed by atoms with Crippen molar-refractivity contribution < 1.29 is 56.2 Å². The molecule has 0 aromatic heterocycles. The number of hydrogen-bond donors (Lipinski definition) is 4. The van der Waals surface area contributed by atoms with Crippen LogP contribution in [0, 0.1) is 0 Å². The molecule has 0 aromatic carbocycles. The summed E-state index contributed by atoms with van der Waals surface area (Å²) in [5.74, 6) is -0.489. The second kappa shape index (κ2) is 40.5. The fourth-order valence-corrected chi connectivity index (χ4v) is 6.94. The van der Waals surface area contributed by atoms with E-state index in [2.05, 4.69) is 103 Å². The van der Waals surface area contributed by atoms with Crippen molar-refractivity contribution in [3.05, 3.63) is 97.2 Å². The zero-order chi connectivity index (χ0) is 46.1. The highest BCUT2D eigenvalue weighted by Crippen LogP contribution is 2.26. The summed E-state index contributed by atoms with van der Waals surface area (Å²) >= 11 is 0. The summed E-state index contributed by atoms with van der Waals surface area (Å²) in [7, 11) is -5.08. The Balaban J connectivity index is 2.49. The van der Waals surface area contributed by atoms with Crippen LogP contribution in [-0.4, -0.2) is 97.5 Å². The smallest absolute Gasteiger partial charge is 0.397 e. The van der Waals surface area contributed by atoms with E-state index >= 15 is 0 Å². The number of rotatable bonds is 39. The third-order valence-electron chi connectivity index (χ3n) is 9.95. The monoisotopic (exact) mass is 907 g/mol. The lowest BCUT2D eigenvalue weighted by atomic mass is 9.99. The molecule has 12 nitrogen and oxygen atoms in total. The normalized spacial score (nSPS) is 20.8. The van der Waals surface area contributed by atoms with Crippen LogP contribution in [0.25, 0.3) is 0 Å². The summed E-state index contributed by atoms with van der Waals surface area (Å²) in [6, 6.07) is 0. The van der Waals surface area contributed by atoms with E-state index in [9.17, 15) is 28.5 Å². The highest BCUT2D eigenvalue weighted by Gasteiger charge is 2.48. The number of unbranched alkanes of at least 4 members (excludes halogenated alkanes) is 10. The van der Waals surface area contributed by atoms with Gasteiger partial charge in [-0.15, -0.1) is 0 Å². The van der Waals surface area contributed by atoms with E-state index in [-0.39, 0.29) is 19.6 Å². The molecule has 0 aromatic rings. The zero-order valence-corrected chi connectivity index (χ0v) is 39.2. The summed E-state index contributed by atoms with van der Waals surface area (Å²) in [5.41, 5.74) is 0. The van der Waals surface area contributed by atoms with Gasteiger partial charge in [-0.1, -0.05) is 156 Å². The van der Waals surface area contributed by atoms with Gasteiger partial charge in [0.1, 0.15) is 30.5 Å². The van der Waals surface area contributed by atoms with Crippen molar-refractivity contribution >= 4 is 16.4 Å². The highest BCUT2D eigenvalue weighted by atomic mass is 32.3. The number of aliphatic hydroxyl groups excluding tert-OH is 3. The number of esters is 1. The minimum absolute atomic E-state index is 0.00809. The van der Waals surface area contributed by atoms with Gasteiger partial charge in [-0.05, 0) is 83.5 Å². The minimum Gasteiger partial charge on any atom is -0.457 e. The fraction of sp³-hybridized carbons (Fsp3) is 0.660. The first-order valence-corrected chi connectivity index (χ1v) is 24.9. The summed E-state index contributed by atoms with van der Waals surface area (Å²) in [5, 5.41) is 30.7. The number of hydrogen-bond acceptors (Lipinski definition) is 11. The van der Waals surface area contributed by atoms with Crippen LogP contribution in [0.4, 0.5) is 0 Å². The van der Waals surface area contributed by atoms with Crippen LogP contribution < -0.4 is 0 Å². The molecule has 1 saturated heterocycles. The SMILES string of the molecule is CC/C=C\C/C=C\C/C=C\C/C=C\C/C=C\C/C=C\CCC(=O)OC(COCCCCCCCC/C=C\C/C=C\CCCCCC)COC1OC(CO)C(O)C(OS(=O)(=O)O)C1O. The highest BCUT2D eigenvalue weighted by molar-refractivity contribution is 7.80. The number of allylic oxidation sites excluding steroid dienone is 16. The van der Waals surface area contributed by atoms with Crippen LogP contribution in [0.2, 0.25) is 0 Å². The molecule has 1 fully saturated rings. The topological polar surface area (TPSA) is 178 Å². The molecule has 4 N–H and O–H groups in total. The van der Waals surface area contributed by atoms with Crippen LogP contribution in [0.15, 0.2) is 97.2 Å². The van der Waals surface area contributed by atoms with Crippen LogP contribution in [0.5, 0.6) is 0 Å². The molecule has 1 aliphatic heterocycles. The summed E-state index contributed by atoms with van der Waals surface area (Å²) in [4.78, 5) is 12.8. The molecule has 6 unspecified atom stereocenters. The number of ether oxygens (including phenoxy) is 4. The Bertz CT molecular complexity index is 1460. The second-order valence-electron chi connectivity index (χ2n) is 15.6. The van der Waals surface area contributed by atoms with Crippen LogP contribution >= 0.6 is 0 Å². The maximum atomic E-state index is 12.8. The lowest BCUT2D eigenvalue weighted by Gasteiger charge is -2.41. The Morgan fingerprint density at radius 2 is 1.10 bits per heavy atom. The van der Waals surface area contributed by atoms with E-state index in [1.807, 2.05) is 12.2 Å². The van der Waals surface area contributed by atoms with Gasteiger partial charge < -0.3 is 34.3 Å². The molecule has 6 atom stereocenters. The molecule has 0 spiro atoms. The molecular formula is C50H82O12S. The lowest BCUT2D eigenvalue weighted by molar-refractivity contribution is -0.301. The van der Waals surface area contributed by atoms with Crippen molar-refractivity contribution in [2.24, 2.45) is 0 Å². The van der Waals surface area contributed by atoms with Gasteiger partial charge in [-0.25, -0.2) is 4.18 Å². The molecule has 1 heterocycles. The van der Waals surface area contributed by atoms with E-state index < -0.39 is 59.8 Å². The molecule has 0 saturated carbocycles. The third-order valence-corrected chi connectivity index (χ3v) is 10.4. The van der Waals surface area contributed by atoms with Gasteiger partial charge >= 0.3 is 16.4 Å². The van der Waals surface area contributed by atoms with Gasteiger partial charge in [0, 0.05) is 13.0 Å². The Morgan fingerprint density at radius 3 is 1.60 bits per heavy atom. The van der Waals surface area contributed by atoms with Crippen LogP contribution in [0.1, 0.15) is 149 Å². The quantitative estimate of drug-likeness (QED) is 0.0199. The predicted octanol–water partition coefficient (Wildman–Crippen LogP) is 10.2. The molecule has 360 valence electrons. The zero-order valence-electron chi connectivity index (χ0n) is 38.3. The lowest BCUT2D eigenvalue weighted by Crippen LogP contribution is -2.60. The first-order chi connectivity index (χ1) is 30.6. The van der Waals surface area contributed by atoms with E-state index in [0.29, 0.717) is 13.0 Å². The molecule has 0 amide bonds. The second-order valence-corrected chi connectivity index (χ2v) is 16.7. The Kier molecular flexibility index (Phi) is 37.3. The van der Waals surface area contributed by atoms with Gasteiger partial charge in [0.25, 0.3) is 0 Å². The van der Waals surface area contributed by atoms with Crippen molar-refractivity contribution in [1.82, 2.24) is 0 Å². The van der Waals surface area contributed by atoms with Crippen molar-refractivity contribution in [3.63, 3.8) is 0 Å². The van der Waals surface area contributed by atoms with Gasteiger partial charge in [-0.2, -0.15) is 8.42 Å². The molecule has 1 aliphatic rings. The maximum Gasteiger partial charge on any atom is 0.397 e. The van der Waals surface area contributed by atoms with Crippen molar-refractivity contribution in [3.8, 4) is 0 Å². The predicted molar refractivity (Wildman–Crippen MR) is 252 cm³/mol. The van der Waals surface area contributed by atoms with Crippen molar-refractivity contribution in [1.29, 1.82) is 0 Å².